The summed E-state index contributed by atoms with van der Waals surface area (Å²) in [5.74, 6) is 0.925. The van der Waals surface area contributed by atoms with Gasteiger partial charge in [0, 0.05) is 11.6 Å². The average molecular weight is 350 g/mol. The normalized spacial score (nSPS) is 18.3. The molecule has 1 aliphatic rings. The fourth-order valence-electron chi connectivity index (χ4n) is 3.12. The lowest BCUT2D eigenvalue weighted by atomic mass is 9.88. The molecule has 0 bridgehead atoms. The molecular weight excluding hydrogens is 336 g/mol. The Morgan fingerprint density at radius 1 is 1.23 bits per heavy atom. The Labute approximate surface area is 149 Å². The molecule has 2 aromatic carbocycles. The van der Waals surface area contributed by atoms with Gasteiger partial charge in [0.15, 0.2) is 11.4 Å². The van der Waals surface area contributed by atoms with Crippen molar-refractivity contribution in [1.82, 2.24) is 0 Å². The molecule has 0 saturated carbocycles. The van der Waals surface area contributed by atoms with E-state index in [1.807, 2.05) is 0 Å². The molecule has 0 saturated heterocycles. The van der Waals surface area contributed by atoms with Crippen LogP contribution in [0.4, 0.5) is 11.4 Å². The van der Waals surface area contributed by atoms with Crippen LogP contribution >= 0.6 is 0 Å². The smallest absolute Gasteiger partial charge is 0.280 e. The Morgan fingerprint density at radius 2 is 1.88 bits per heavy atom. The lowest BCUT2D eigenvalue weighted by Crippen LogP contribution is -2.42. The number of carbonyl (C=O) groups is 2. The molecule has 1 N–H and O–H groups in total. The van der Waals surface area contributed by atoms with Crippen molar-refractivity contribution < 1.29 is 19.6 Å². The van der Waals surface area contributed by atoms with Gasteiger partial charge < -0.3 is 5.11 Å². The van der Waals surface area contributed by atoms with Gasteiger partial charge in [0.2, 0.25) is 0 Å². The van der Waals surface area contributed by atoms with E-state index in [1.54, 1.807) is 18.2 Å². The van der Waals surface area contributed by atoms with Crippen LogP contribution in [0.2, 0.25) is 0 Å². The summed E-state index contributed by atoms with van der Waals surface area (Å²) in [7, 11) is 0. The Kier molecular flexibility index (Phi) is 4.28. The highest BCUT2D eigenvalue weighted by Gasteiger charge is 2.51. The summed E-state index contributed by atoms with van der Waals surface area (Å²) in [4.78, 5) is 37.1. The summed E-state index contributed by atoms with van der Waals surface area (Å²) >= 11 is 0. The highest BCUT2D eigenvalue weighted by atomic mass is 16.6. The second-order valence-corrected chi connectivity index (χ2v) is 5.85. The summed E-state index contributed by atoms with van der Waals surface area (Å²) in [6.07, 6.45) is 4.68. The van der Waals surface area contributed by atoms with E-state index in [4.69, 9.17) is 6.42 Å². The van der Waals surface area contributed by atoms with Crippen LogP contribution in [0, 0.1) is 22.5 Å². The maximum Gasteiger partial charge on any atom is 0.280 e. The van der Waals surface area contributed by atoms with Crippen LogP contribution in [0.25, 0.3) is 0 Å². The van der Waals surface area contributed by atoms with Gasteiger partial charge >= 0.3 is 0 Å². The van der Waals surface area contributed by atoms with Crippen molar-refractivity contribution >= 4 is 23.1 Å². The van der Waals surface area contributed by atoms with Crippen LogP contribution in [-0.4, -0.2) is 28.3 Å². The fourth-order valence-corrected chi connectivity index (χ4v) is 3.12. The number of terminal acetylenes is 1. The summed E-state index contributed by atoms with van der Waals surface area (Å²) in [6, 6.07) is 11.9. The lowest BCUT2D eigenvalue weighted by molar-refractivity contribution is -0.385. The van der Waals surface area contributed by atoms with E-state index in [2.05, 4.69) is 5.92 Å². The zero-order chi connectivity index (χ0) is 18.9. The third-order valence-corrected chi connectivity index (χ3v) is 4.31. The lowest BCUT2D eigenvalue weighted by Gasteiger charge is -2.21. The second kappa shape index (κ2) is 6.43. The van der Waals surface area contributed by atoms with E-state index < -0.39 is 28.6 Å². The van der Waals surface area contributed by atoms with Crippen molar-refractivity contribution in [3.63, 3.8) is 0 Å². The first kappa shape index (κ1) is 17.3. The minimum absolute atomic E-state index is 0.0577. The van der Waals surface area contributed by atoms with Gasteiger partial charge in [0.1, 0.15) is 0 Å². The molecule has 1 amide bonds. The molecule has 1 heterocycles. The minimum atomic E-state index is -2.12. The predicted molar refractivity (Wildman–Crippen MR) is 93.6 cm³/mol. The first-order valence-electron chi connectivity index (χ1n) is 7.74. The van der Waals surface area contributed by atoms with Crippen LogP contribution in [-0.2, 0) is 10.4 Å². The molecule has 3 rings (SSSR count). The van der Waals surface area contributed by atoms with E-state index in [-0.39, 0.29) is 23.4 Å². The van der Waals surface area contributed by atoms with Crippen LogP contribution in [0.3, 0.4) is 0 Å². The van der Waals surface area contributed by atoms with Crippen molar-refractivity contribution in [3.05, 3.63) is 69.8 Å². The number of anilines is 1. The molecule has 0 spiro atoms. The zero-order valence-corrected chi connectivity index (χ0v) is 13.6. The molecule has 0 fully saturated rings. The maximum atomic E-state index is 12.8. The summed E-state index contributed by atoms with van der Waals surface area (Å²) < 4.78 is 0. The number of nitrogens with zero attached hydrogens (tertiary/aromatic N) is 2. The fraction of sp³-hybridized carbons (Fsp3) is 0.158. The number of hydrogen-bond donors (Lipinski definition) is 1. The molecule has 0 unspecified atom stereocenters. The largest absolute Gasteiger partial charge is 0.375 e. The van der Waals surface area contributed by atoms with Gasteiger partial charge in [-0.15, -0.1) is 6.42 Å². The molecule has 7 heteroatoms. The third-order valence-electron chi connectivity index (χ3n) is 4.31. The molecule has 2 aromatic rings. The molecule has 130 valence electrons. The summed E-state index contributed by atoms with van der Waals surface area (Å²) in [6.45, 7) is -0.0577. The Balaban J connectivity index is 2.02. The van der Waals surface area contributed by atoms with Crippen molar-refractivity contribution in [1.29, 1.82) is 0 Å². The number of amides is 1. The van der Waals surface area contributed by atoms with Gasteiger partial charge in [-0.3, -0.25) is 24.6 Å². The average Bonchev–Trinajstić information content (AvgIpc) is 2.84. The van der Waals surface area contributed by atoms with Gasteiger partial charge in [0.05, 0.1) is 29.1 Å². The number of nitro groups is 1. The standard InChI is InChI=1S/C19H14N2O5/c1-2-11-20-16-10-6-4-8-14(16)19(24,18(20)23)12-17(22)13-7-3-5-9-15(13)21(25)26/h1,3-10,24H,11-12H2/t19-/m1/s1. The van der Waals surface area contributed by atoms with E-state index in [0.717, 1.165) is 0 Å². The van der Waals surface area contributed by atoms with Crippen molar-refractivity contribution in [2.75, 3.05) is 11.4 Å². The van der Waals surface area contributed by atoms with Crippen LogP contribution < -0.4 is 4.90 Å². The number of ketones is 1. The molecule has 26 heavy (non-hydrogen) atoms. The first-order valence-corrected chi connectivity index (χ1v) is 7.74. The van der Waals surface area contributed by atoms with Crippen LogP contribution in [0.15, 0.2) is 48.5 Å². The highest BCUT2D eigenvalue weighted by Crippen LogP contribution is 2.43. The Bertz CT molecular complexity index is 962. The number of fused-ring (bicyclic) bond motifs is 1. The van der Waals surface area contributed by atoms with E-state index in [1.165, 1.54) is 35.2 Å². The Morgan fingerprint density at radius 3 is 2.58 bits per heavy atom. The van der Waals surface area contributed by atoms with Crippen molar-refractivity contribution in [2.24, 2.45) is 0 Å². The first-order chi connectivity index (χ1) is 12.4. The van der Waals surface area contributed by atoms with Gasteiger partial charge in [-0.2, -0.15) is 0 Å². The molecule has 1 atom stereocenters. The number of nitro benzene ring substituents is 1. The molecule has 0 aromatic heterocycles. The number of hydrogen-bond acceptors (Lipinski definition) is 5. The van der Waals surface area contributed by atoms with Crippen LogP contribution in [0.5, 0.6) is 0 Å². The third kappa shape index (κ3) is 2.62. The van der Waals surface area contributed by atoms with E-state index >= 15 is 0 Å². The van der Waals surface area contributed by atoms with Gasteiger partial charge in [-0.1, -0.05) is 36.3 Å². The van der Waals surface area contributed by atoms with Crippen LogP contribution in [0.1, 0.15) is 22.3 Å². The molecular formula is C19H14N2O5. The van der Waals surface area contributed by atoms with Crippen molar-refractivity contribution in [3.8, 4) is 12.3 Å². The Hall–Kier alpha value is -3.50. The monoisotopic (exact) mass is 350 g/mol. The maximum absolute atomic E-state index is 12.8. The van der Waals surface area contributed by atoms with E-state index in [0.29, 0.717) is 5.69 Å². The topological polar surface area (TPSA) is 101 Å². The number of Topliss-reactive ketones (excluding diaryl/α,β-unsaturated/α-hetero) is 1. The number of benzene rings is 2. The van der Waals surface area contributed by atoms with Gasteiger partial charge in [-0.25, -0.2) is 0 Å². The second-order valence-electron chi connectivity index (χ2n) is 5.85. The van der Waals surface area contributed by atoms with E-state index in [9.17, 15) is 24.8 Å². The number of carbonyl (C=O) groups excluding carboxylic acids is 2. The van der Waals surface area contributed by atoms with Crippen molar-refractivity contribution in [2.45, 2.75) is 12.0 Å². The number of aliphatic hydroxyl groups is 1. The quantitative estimate of drug-likeness (QED) is 0.385. The molecule has 1 aliphatic heterocycles. The summed E-state index contributed by atoms with van der Waals surface area (Å²) in [5.41, 5.74) is -1.97. The molecule has 0 radical (unpaired) electrons. The summed E-state index contributed by atoms with van der Waals surface area (Å²) in [5, 5.41) is 22.2. The molecule has 7 nitrogen and oxygen atoms in total. The van der Waals surface area contributed by atoms with Gasteiger partial charge in [0.25, 0.3) is 11.6 Å². The van der Waals surface area contributed by atoms with Gasteiger partial charge in [-0.05, 0) is 12.1 Å². The highest BCUT2D eigenvalue weighted by molar-refractivity contribution is 6.11. The molecule has 0 aliphatic carbocycles. The SMILES string of the molecule is C#CCN1C(=O)[C@@](O)(CC(=O)c2ccccc2[N+](=O)[O-])c2ccccc21. The predicted octanol–water partition coefficient (Wildman–Crippen LogP) is 2.04. The number of rotatable bonds is 5. The minimum Gasteiger partial charge on any atom is -0.375 e. The number of para-hydroxylation sites is 2. The zero-order valence-electron chi connectivity index (χ0n) is 13.6.